The van der Waals surface area contributed by atoms with Gasteiger partial charge in [-0.3, -0.25) is 24.0 Å². The maximum Gasteiger partial charge on any atom is 0.255 e. The topological polar surface area (TPSA) is 137 Å². The highest BCUT2D eigenvalue weighted by Gasteiger charge is 2.38. The van der Waals surface area contributed by atoms with Crippen molar-refractivity contribution < 1.29 is 28.7 Å². The maximum atomic E-state index is 13.4. The van der Waals surface area contributed by atoms with E-state index in [9.17, 15) is 24.0 Å². The van der Waals surface area contributed by atoms with E-state index in [1.165, 1.54) is 4.90 Å². The molecular formula is C25H33N5O6. The molecule has 36 heavy (non-hydrogen) atoms. The number of rotatable bonds is 2. The van der Waals surface area contributed by atoms with Gasteiger partial charge in [-0.15, -0.1) is 0 Å². The maximum absolute atomic E-state index is 13.4. The van der Waals surface area contributed by atoms with Gasteiger partial charge in [-0.05, 0) is 30.9 Å². The predicted octanol–water partition coefficient (Wildman–Crippen LogP) is -0.342. The van der Waals surface area contributed by atoms with Crippen molar-refractivity contribution in [3.05, 3.63) is 29.8 Å². The van der Waals surface area contributed by atoms with Gasteiger partial charge in [0.15, 0.2) is 0 Å². The van der Waals surface area contributed by atoms with E-state index in [0.29, 0.717) is 12.3 Å². The first-order chi connectivity index (χ1) is 17.2. The molecule has 3 heterocycles. The lowest BCUT2D eigenvalue weighted by Gasteiger charge is -2.33. The third-order valence-electron chi connectivity index (χ3n) is 6.82. The molecule has 0 aliphatic carbocycles. The van der Waals surface area contributed by atoms with Crippen molar-refractivity contribution in [2.45, 2.75) is 51.2 Å². The minimum Gasteiger partial charge on any atom is -0.491 e. The van der Waals surface area contributed by atoms with Crippen LogP contribution in [0.25, 0.3) is 0 Å². The number of carbonyl (C=O) groups is 5. The number of nitrogens with one attached hydrogen (secondary N) is 3. The molecule has 11 heteroatoms. The summed E-state index contributed by atoms with van der Waals surface area (Å²) in [6.45, 7) is 4.86. The van der Waals surface area contributed by atoms with Gasteiger partial charge in [-0.2, -0.15) is 0 Å². The number of hydrogen-bond acceptors (Lipinski definition) is 6. The summed E-state index contributed by atoms with van der Waals surface area (Å²) in [7, 11) is 0. The molecule has 3 N–H and O–H groups in total. The molecule has 11 nitrogen and oxygen atoms in total. The summed E-state index contributed by atoms with van der Waals surface area (Å²) in [5.74, 6) is -1.97. The minimum atomic E-state index is -1.22. The fraction of sp³-hybridized carbons (Fsp3) is 0.560. The Morgan fingerprint density at radius 3 is 2.58 bits per heavy atom. The molecule has 0 radical (unpaired) electrons. The first-order valence-electron chi connectivity index (χ1n) is 12.4. The Morgan fingerprint density at radius 1 is 1.06 bits per heavy atom. The fourth-order valence-electron chi connectivity index (χ4n) is 4.86. The lowest BCUT2D eigenvalue weighted by atomic mass is 10.0. The number of para-hydroxylation sites is 1. The van der Waals surface area contributed by atoms with Crippen LogP contribution in [0.3, 0.4) is 0 Å². The zero-order chi connectivity index (χ0) is 25.8. The van der Waals surface area contributed by atoms with Crippen molar-refractivity contribution in [1.82, 2.24) is 25.8 Å². The Hall–Kier alpha value is -3.63. The van der Waals surface area contributed by atoms with Crippen molar-refractivity contribution in [2.75, 3.05) is 32.8 Å². The van der Waals surface area contributed by atoms with Crippen LogP contribution in [-0.4, -0.2) is 90.2 Å². The molecule has 2 saturated heterocycles. The van der Waals surface area contributed by atoms with Crippen LogP contribution < -0.4 is 20.7 Å². The molecule has 3 aliphatic rings. The Kier molecular flexibility index (Phi) is 7.76. The second kappa shape index (κ2) is 11.0. The average molecular weight is 500 g/mol. The third-order valence-corrected chi connectivity index (χ3v) is 6.82. The van der Waals surface area contributed by atoms with Crippen LogP contribution in [0, 0.1) is 5.92 Å². The Balaban J connectivity index is 1.66. The molecular weight excluding hydrogens is 466 g/mol. The fourth-order valence-corrected chi connectivity index (χ4v) is 4.86. The highest BCUT2D eigenvalue weighted by atomic mass is 16.5. The minimum absolute atomic E-state index is 0.157. The summed E-state index contributed by atoms with van der Waals surface area (Å²) >= 11 is 0. The molecule has 2 fully saturated rings. The molecule has 194 valence electrons. The molecule has 3 atom stereocenters. The van der Waals surface area contributed by atoms with Crippen molar-refractivity contribution in [3.8, 4) is 5.75 Å². The number of amides is 5. The summed E-state index contributed by atoms with van der Waals surface area (Å²) in [5.41, 5.74) is 0.222. The van der Waals surface area contributed by atoms with Gasteiger partial charge in [0.1, 0.15) is 24.4 Å². The molecule has 0 bridgehead atoms. The first-order valence-corrected chi connectivity index (χ1v) is 12.4. The van der Waals surface area contributed by atoms with Gasteiger partial charge in [-0.1, -0.05) is 26.0 Å². The number of carbonyl (C=O) groups excluding carboxylic acids is 5. The number of ether oxygens (including phenoxy) is 1. The van der Waals surface area contributed by atoms with E-state index >= 15 is 0 Å². The van der Waals surface area contributed by atoms with Crippen molar-refractivity contribution in [2.24, 2.45) is 5.92 Å². The monoisotopic (exact) mass is 499 g/mol. The molecule has 4 rings (SSSR count). The van der Waals surface area contributed by atoms with Gasteiger partial charge in [0.25, 0.3) is 5.91 Å². The highest BCUT2D eigenvalue weighted by Crippen LogP contribution is 2.24. The van der Waals surface area contributed by atoms with Gasteiger partial charge >= 0.3 is 0 Å². The van der Waals surface area contributed by atoms with Crippen molar-refractivity contribution in [1.29, 1.82) is 0 Å². The van der Waals surface area contributed by atoms with Crippen LogP contribution in [-0.2, 0) is 19.2 Å². The van der Waals surface area contributed by atoms with Crippen molar-refractivity contribution >= 4 is 29.5 Å². The summed E-state index contributed by atoms with van der Waals surface area (Å²) in [4.78, 5) is 68.0. The molecule has 0 saturated carbocycles. The number of fused-ring (bicyclic) bond motifs is 2. The number of nitrogens with zero attached hydrogens (tertiary/aromatic N) is 2. The largest absolute Gasteiger partial charge is 0.491 e. The van der Waals surface area contributed by atoms with E-state index in [0.717, 1.165) is 12.8 Å². The molecule has 0 spiro atoms. The smallest absolute Gasteiger partial charge is 0.255 e. The van der Waals surface area contributed by atoms with Crippen LogP contribution in [0.5, 0.6) is 5.75 Å². The zero-order valence-electron chi connectivity index (χ0n) is 20.6. The predicted molar refractivity (Wildman–Crippen MR) is 129 cm³/mol. The zero-order valence-corrected chi connectivity index (χ0v) is 20.6. The van der Waals surface area contributed by atoms with E-state index in [-0.39, 0.29) is 62.0 Å². The van der Waals surface area contributed by atoms with Crippen LogP contribution in [0.2, 0.25) is 0 Å². The molecule has 0 aromatic heterocycles. The number of hydrogen-bond donors (Lipinski definition) is 3. The lowest BCUT2D eigenvalue weighted by Crippen LogP contribution is -2.58. The van der Waals surface area contributed by atoms with Crippen LogP contribution >= 0.6 is 0 Å². The van der Waals surface area contributed by atoms with E-state index in [4.69, 9.17) is 4.74 Å². The van der Waals surface area contributed by atoms with Gasteiger partial charge in [0, 0.05) is 19.6 Å². The molecule has 0 unspecified atom stereocenters. The molecule has 1 aromatic rings. The highest BCUT2D eigenvalue weighted by molar-refractivity contribution is 6.01. The SMILES string of the molecule is CC(C)[C@@H]1NC(=O)C[C@@H](C(=O)N2CCNC(=O)C2)NC(=O)c2ccccc2OC[C@H]2CCCN2C1=O. The summed E-state index contributed by atoms with van der Waals surface area (Å²) in [5, 5.41) is 8.12. The Morgan fingerprint density at radius 2 is 1.83 bits per heavy atom. The molecule has 1 aromatic carbocycles. The van der Waals surface area contributed by atoms with Crippen molar-refractivity contribution in [3.63, 3.8) is 0 Å². The second-order valence-electron chi connectivity index (χ2n) is 9.76. The molecule has 3 aliphatic heterocycles. The van der Waals surface area contributed by atoms with Crippen LogP contribution in [0.4, 0.5) is 0 Å². The lowest BCUT2D eigenvalue weighted by molar-refractivity contribution is -0.142. The summed E-state index contributed by atoms with van der Waals surface area (Å²) in [6.07, 6.45) is 1.21. The van der Waals surface area contributed by atoms with Crippen LogP contribution in [0.1, 0.15) is 43.5 Å². The normalized spacial score (nSPS) is 25.7. The molecule has 5 amide bonds. The van der Waals surface area contributed by atoms with Gasteiger partial charge in [0.2, 0.25) is 23.6 Å². The Labute approximate surface area is 209 Å². The average Bonchev–Trinajstić information content (AvgIpc) is 3.33. The van der Waals surface area contributed by atoms with E-state index in [2.05, 4.69) is 16.0 Å². The first kappa shape index (κ1) is 25.5. The van der Waals surface area contributed by atoms with Gasteiger partial charge < -0.3 is 30.5 Å². The summed E-state index contributed by atoms with van der Waals surface area (Å²) < 4.78 is 6.02. The van der Waals surface area contributed by atoms with Crippen LogP contribution in [0.15, 0.2) is 24.3 Å². The number of piperazine rings is 1. The van der Waals surface area contributed by atoms with E-state index in [1.807, 2.05) is 13.8 Å². The second-order valence-corrected chi connectivity index (χ2v) is 9.76. The van der Waals surface area contributed by atoms with Gasteiger partial charge in [-0.25, -0.2) is 0 Å². The quantitative estimate of drug-likeness (QED) is 0.509. The summed E-state index contributed by atoms with van der Waals surface area (Å²) in [6, 6.07) is 4.50. The van der Waals surface area contributed by atoms with E-state index in [1.54, 1.807) is 29.2 Å². The third kappa shape index (κ3) is 5.60. The standard InChI is InChI=1S/C25H33N5O6/c1-15(2)22-25(35)30-10-5-6-16(30)14-36-19-8-4-3-7-17(19)23(33)27-18(12-20(31)28-22)24(34)29-11-9-26-21(32)13-29/h3-4,7-8,15-16,18,22H,5-6,9-14H2,1-2H3,(H,26,32)(H,27,33)(H,28,31)/t16-,18+,22+/m1/s1. The number of benzene rings is 1. The Bertz CT molecular complexity index is 1040. The van der Waals surface area contributed by atoms with E-state index < -0.39 is 29.8 Å². The van der Waals surface area contributed by atoms with Gasteiger partial charge in [0.05, 0.1) is 24.6 Å².